The molecule has 0 aliphatic rings. The maximum absolute atomic E-state index is 13.0. The van der Waals surface area contributed by atoms with Crippen LogP contribution in [0.1, 0.15) is 11.1 Å². The van der Waals surface area contributed by atoms with Crippen LogP contribution in [-0.2, 0) is 13.0 Å². The summed E-state index contributed by atoms with van der Waals surface area (Å²) in [6.45, 7) is 0.850. The first-order valence-electron chi connectivity index (χ1n) is 6.17. The second-order valence-corrected chi connectivity index (χ2v) is 4.52. The van der Waals surface area contributed by atoms with Crippen LogP contribution in [0.15, 0.2) is 36.4 Å². The van der Waals surface area contributed by atoms with Gasteiger partial charge in [0.25, 0.3) is 0 Å². The van der Waals surface area contributed by atoms with Crippen molar-refractivity contribution in [1.82, 2.24) is 5.32 Å². The van der Waals surface area contributed by atoms with E-state index in [0.29, 0.717) is 30.6 Å². The Hall–Kier alpha value is -2.01. The lowest BCUT2D eigenvalue weighted by Crippen LogP contribution is -2.16. The monoisotopic (exact) mass is 281 g/mol. The van der Waals surface area contributed by atoms with Crippen LogP contribution in [0.25, 0.3) is 0 Å². The van der Waals surface area contributed by atoms with Crippen molar-refractivity contribution < 1.29 is 18.3 Å². The molecule has 0 radical (unpaired) electrons. The number of hydrogen-bond acceptors (Lipinski definition) is 2. The van der Waals surface area contributed by atoms with E-state index in [2.05, 4.69) is 5.32 Å². The molecule has 0 saturated heterocycles. The second-order valence-electron chi connectivity index (χ2n) is 4.52. The fourth-order valence-corrected chi connectivity index (χ4v) is 1.96. The molecule has 2 aromatic carbocycles. The third-order valence-electron chi connectivity index (χ3n) is 2.78. The van der Waals surface area contributed by atoms with Gasteiger partial charge in [-0.15, -0.1) is 0 Å². The molecule has 2 nitrogen and oxygen atoms in total. The highest BCUT2D eigenvalue weighted by molar-refractivity contribution is 5.28. The minimum Gasteiger partial charge on any atom is -0.508 e. The average molecular weight is 281 g/mol. The van der Waals surface area contributed by atoms with Crippen LogP contribution in [0.5, 0.6) is 5.75 Å². The minimum atomic E-state index is -0.602. The third kappa shape index (κ3) is 4.28. The number of nitrogens with one attached hydrogen (secondary N) is 1. The summed E-state index contributed by atoms with van der Waals surface area (Å²) in [5.74, 6) is -1.84. The maximum atomic E-state index is 13.0. The van der Waals surface area contributed by atoms with Crippen molar-refractivity contribution in [1.29, 1.82) is 0 Å². The van der Waals surface area contributed by atoms with Crippen molar-refractivity contribution in [3.05, 3.63) is 65.0 Å². The van der Waals surface area contributed by atoms with E-state index in [-0.39, 0.29) is 5.75 Å². The Labute approximate surface area is 114 Å². The molecule has 0 spiro atoms. The molecular weight excluding hydrogens is 267 g/mol. The van der Waals surface area contributed by atoms with E-state index in [9.17, 15) is 18.3 Å². The van der Waals surface area contributed by atoms with Crippen molar-refractivity contribution in [2.24, 2.45) is 0 Å². The molecule has 2 aromatic rings. The summed E-state index contributed by atoms with van der Waals surface area (Å²) in [5, 5.41) is 12.3. The number of phenolic OH excluding ortho intramolecular Hbond substituents is 1. The number of aromatic hydroxyl groups is 1. The zero-order valence-electron chi connectivity index (χ0n) is 10.7. The zero-order chi connectivity index (χ0) is 14.5. The predicted molar refractivity (Wildman–Crippen MR) is 69.8 cm³/mol. The van der Waals surface area contributed by atoms with E-state index in [4.69, 9.17) is 0 Å². The first-order valence-corrected chi connectivity index (χ1v) is 6.17. The lowest BCUT2D eigenvalue weighted by atomic mass is 10.1. The SMILES string of the molecule is Oc1cc(F)cc(CNCCc2cc(F)cc(F)c2)c1. The summed E-state index contributed by atoms with van der Waals surface area (Å²) < 4.78 is 38.9. The van der Waals surface area contributed by atoms with E-state index in [0.717, 1.165) is 12.1 Å². The van der Waals surface area contributed by atoms with Gasteiger partial charge in [-0.1, -0.05) is 0 Å². The highest BCUT2D eigenvalue weighted by Gasteiger charge is 2.02. The molecule has 0 aliphatic heterocycles. The van der Waals surface area contributed by atoms with E-state index in [1.54, 1.807) is 0 Å². The molecule has 0 amide bonds. The molecule has 0 aromatic heterocycles. The molecule has 106 valence electrons. The number of hydrogen-bond donors (Lipinski definition) is 2. The molecule has 2 N–H and O–H groups in total. The summed E-state index contributed by atoms with van der Waals surface area (Å²) in [6, 6.07) is 7.18. The molecule has 0 atom stereocenters. The lowest BCUT2D eigenvalue weighted by molar-refractivity contribution is 0.467. The topological polar surface area (TPSA) is 32.3 Å². The molecular formula is C15H14F3NO. The van der Waals surface area contributed by atoms with Crippen LogP contribution in [0.3, 0.4) is 0 Å². The Morgan fingerprint density at radius 3 is 2.05 bits per heavy atom. The molecule has 0 saturated carbocycles. The normalized spacial score (nSPS) is 10.8. The summed E-state index contributed by atoms with van der Waals surface area (Å²) in [7, 11) is 0. The molecule has 0 bridgehead atoms. The average Bonchev–Trinajstić information content (AvgIpc) is 2.32. The summed E-state index contributed by atoms with van der Waals surface area (Å²) in [6.07, 6.45) is 0.454. The Bertz CT molecular complexity index is 508. The number of rotatable bonds is 5. The standard InChI is InChI=1S/C15H14F3NO/c16-12-3-10(4-13(17)7-12)1-2-19-9-11-5-14(18)8-15(20)6-11/h3-8,19-20H,1-2,9H2. The van der Waals surface area contributed by atoms with Crippen LogP contribution in [0.4, 0.5) is 13.2 Å². The van der Waals surface area contributed by atoms with Gasteiger partial charge in [-0.3, -0.25) is 0 Å². The van der Waals surface area contributed by atoms with Crippen LogP contribution < -0.4 is 5.32 Å². The predicted octanol–water partition coefficient (Wildman–Crippen LogP) is 3.14. The fraction of sp³-hybridized carbons (Fsp3) is 0.200. The van der Waals surface area contributed by atoms with Crippen molar-refractivity contribution in [2.75, 3.05) is 6.54 Å². The van der Waals surface area contributed by atoms with Crippen LogP contribution >= 0.6 is 0 Å². The Morgan fingerprint density at radius 1 is 0.800 bits per heavy atom. The van der Waals surface area contributed by atoms with Gasteiger partial charge in [0.05, 0.1) is 0 Å². The van der Waals surface area contributed by atoms with Gasteiger partial charge in [0.1, 0.15) is 23.2 Å². The summed E-state index contributed by atoms with van der Waals surface area (Å²) >= 11 is 0. The summed E-state index contributed by atoms with van der Waals surface area (Å²) in [5.41, 5.74) is 1.16. The first kappa shape index (κ1) is 14.4. The highest BCUT2D eigenvalue weighted by atomic mass is 19.1. The highest BCUT2D eigenvalue weighted by Crippen LogP contribution is 2.14. The number of phenols is 1. The summed E-state index contributed by atoms with van der Waals surface area (Å²) in [4.78, 5) is 0. The molecule has 0 heterocycles. The molecule has 0 unspecified atom stereocenters. The zero-order valence-corrected chi connectivity index (χ0v) is 10.7. The van der Waals surface area contributed by atoms with Crippen LogP contribution in [-0.4, -0.2) is 11.7 Å². The van der Waals surface area contributed by atoms with Gasteiger partial charge >= 0.3 is 0 Å². The van der Waals surface area contributed by atoms with Crippen LogP contribution in [0, 0.1) is 17.5 Å². The fourth-order valence-electron chi connectivity index (χ4n) is 1.96. The van der Waals surface area contributed by atoms with Crippen molar-refractivity contribution in [2.45, 2.75) is 13.0 Å². The van der Waals surface area contributed by atoms with E-state index >= 15 is 0 Å². The molecule has 2 rings (SSSR count). The number of halogens is 3. The van der Waals surface area contributed by atoms with Gasteiger partial charge in [0.2, 0.25) is 0 Å². The minimum absolute atomic E-state index is 0.131. The van der Waals surface area contributed by atoms with Gasteiger partial charge in [-0.2, -0.15) is 0 Å². The molecule has 20 heavy (non-hydrogen) atoms. The van der Waals surface area contributed by atoms with E-state index in [1.807, 2.05) is 0 Å². The van der Waals surface area contributed by atoms with Gasteiger partial charge < -0.3 is 10.4 Å². The van der Waals surface area contributed by atoms with E-state index < -0.39 is 17.5 Å². The van der Waals surface area contributed by atoms with Gasteiger partial charge in [0, 0.05) is 18.7 Å². The first-order chi connectivity index (χ1) is 9.52. The lowest BCUT2D eigenvalue weighted by Gasteiger charge is -2.06. The quantitative estimate of drug-likeness (QED) is 0.825. The van der Waals surface area contributed by atoms with Crippen molar-refractivity contribution in [3.8, 4) is 5.75 Å². The number of benzene rings is 2. The third-order valence-corrected chi connectivity index (χ3v) is 2.78. The van der Waals surface area contributed by atoms with Gasteiger partial charge in [-0.05, 0) is 48.4 Å². The maximum Gasteiger partial charge on any atom is 0.127 e. The molecule has 0 aliphatic carbocycles. The van der Waals surface area contributed by atoms with Gasteiger partial charge in [0.15, 0.2) is 0 Å². The molecule has 5 heteroatoms. The van der Waals surface area contributed by atoms with Crippen molar-refractivity contribution in [3.63, 3.8) is 0 Å². The Balaban J connectivity index is 1.84. The largest absolute Gasteiger partial charge is 0.508 e. The second kappa shape index (κ2) is 6.43. The molecule has 0 fully saturated rings. The Kier molecular flexibility index (Phi) is 4.63. The van der Waals surface area contributed by atoms with E-state index in [1.165, 1.54) is 24.3 Å². The smallest absolute Gasteiger partial charge is 0.127 e. The Morgan fingerprint density at radius 2 is 1.40 bits per heavy atom. The van der Waals surface area contributed by atoms with Crippen molar-refractivity contribution >= 4 is 0 Å². The van der Waals surface area contributed by atoms with Gasteiger partial charge in [-0.25, -0.2) is 13.2 Å². The van der Waals surface area contributed by atoms with Crippen LogP contribution in [0.2, 0.25) is 0 Å².